The molecule has 0 fully saturated rings. The van der Waals surface area contributed by atoms with Gasteiger partial charge in [0.25, 0.3) is 5.91 Å². The lowest BCUT2D eigenvalue weighted by molar-refractivity contribution is 0.0695. The average molecular weight is 324 g/mol. The molecule has 0 radical (unpaired) electrons. The van der Waals surface area contributed by atoms with Crippen molar-refractivity contribution < 1.29 is 14.7 Å². The smallest absolute Gasteiger partial charge is 0.337 e. The van der Waals surface area contributed by atoms with Crippen LogP contribution in [0.2, 0.25) is 0 Å². The van der Waals surface area contributed by atoms with Gasteiger partial charge in [0.15, 0.2) is 0 Å². The number of amides is 1. The Morgan fingerprint density at radius 2 is 1.88 bits per heavy atom. The monoisotopic (exact) mass is 324 g/mol. The van der Waals surface area contributed by atoms with E-state index in [9.17, 15) is 9.59 Å². The highest BCUT2D eigenvalue weighted by Gasteiger charge is 2.23. The Morgan fingerprint density at radius 3 is 2.62 bits per heavy atom. The molecule has 0 unspecified atom stereocenters. The molecule has 0 atom stereocenters. The number of fused-ring (bicyclic) bond motifs is 1. The summed E-state index contributed by atoms with van der Waals surface area (Å²) in [6.45, 7) is 2.26. The van der Waals surface area contributed by atoms with E-state index in [4.69, 9.17) is 5.11 Å². The lowest BCUT2D eigenvalue weighted by atomic mass is 10.0. The molecule has 1 aliphatic heterocycles. The van der Waals surface area contributed by atoms with Crippen molar-refractivity contribution in [3.8, 4) is 0 Å². The summed E-state index contributed by atoms with van der Waals surface area (Å²) in [5.74, 6) is -1.21. The predicted molar refractivity (Wildman–Crippen MR) is 91.6 cm³/mol. The van der Waals surface area contributed by atoms with Crippen LogP contribution in [0.5, 0.6) is 0 Å². The summed E-state index contributed by atoms with van der Waals surface area (Å²) in [6, 6.07) is 10.9. The number of carbonyl (C=O) groups excluding carboxylic acids is 1. The van der Waals surface area contributed by atoms with Crippen LogP contribution in [0.1, 0.15) is 51.4 Å². The van der Waals surface area contributed by atoms with E-state index < -0.39 is 5.97 Å². The third kappa shape index (κ3) is 3.15. The van der Waals surface area contributed by atoms with Gasteiger partial charge >= 0.3 is 5.97 Å². The van der Waals surface area contributed by atoms with E-state index in [2.05, 4.69) is 11.1 Å². The van der Waals surface area contributed by atoms with Crippen molar-refractivity contribution in [2.24, 2.45) is 0 Å². The van der Waals surface area contributed by atoms with Crippen molar-refractivity contribution in [2.45, 2.75) is 32.6 Å². The highest BCUT2D eigenvalue weighted by Crippen LogP contribution is 2.27. The number of carbonyl (C=O) groups is 2. The number of carboxylic acids is 1. The van der Waals surface area contributed by atoms with Crippen LogP contribution in [-0.4, -0.2) is 28.5 Å². The van der Waals surface area contributed by atoms with E-state index in [0.717, 1.165) is 31.4 Å². The number of para-hydroxylation sites is 1. The Balaban J connectivity index is 1.97. The van der Waals surface area contributed by atoms with Crippen molar-refractivity contribution in [3.05, 3.63) is 58.9 Å². The van der Waals surface area contributed by atoms with Crippen LogP contribution < -0.4 is 4.90 Å². The Hall–Kier alpha value is -2.69. The molecule has 0 saturated heterocycles. The first kappa shape index (κ1) is 16.2. The molecule has 3 rings (SSSR count). The maximum absolute atomic E-state index is 13.0. The molecule has 1 N–H and O–H groups in total. The van der Waals surface area contributed by atoms with Crippen LogP contribution in [0.4, 0.5) is 5.69 Å². The molecule has 0 bridgehead atoms. The fourth-order valence-electron chi connectivity index (χ4n) is 3.12. The molecule has 0 saturated carbocycles. The van der Waals surface area contributed by atoms with Gasteiger partial charge in [0, 0.05) is 12.2 Å². The first-order valence-corrected chi connectivity index (χ1v) is 8.18. The number of hydrogen-bond acceptors (Lipinski definition) is 3. The summed E-state index contributed by atoms with van der Waals surface area (Å²) in [5.41, 5.74) is 2.87. The number of aromatic carboxylic acids is 1. The van der Waals surface area contributed by atoms with Gasteiger partial charge in [-0.2, -0.15) is 0 Å². The molecule has 2 aromatic rings. The zero-order chi connectivity index (χ0) is 17.1. The summed E-state index contributed by atoms with van der Waals surface area (Å²) < 4.78 is 0. The molecule has 0 spiro atoms. The molecule has 24 heavy (non-hydrogen) atoms. The normalized spacial score (nSPS) is 14.5. The molecule has 124 valence electrons. The maximum atomic E-state index is 13.0. The van der Waals surface area contributed by atoms with Crippen LogP contribution in [0.3, 0.4) is 0 Å². The van der Waals surface area contributed by atoms with Gasteiger partial charge in [-0.1, -0.05) is 24.6 Å². The average Bonchev–Trinajstić information content (AvgIpc) is 2.55. The van der Waals surface area contributed by atoms with E-state index in [1.807, 2.05) is 18.2 Å². The summed E-state index contributed by atoms with van der Waals surface area (Å²) in [4.78, 5) is 30.1. The second-order valence-corrected chi connectivity index (χ2v) is 6.03. The first-order valence-electron chi connectivity index (χ1n) is 8.18. The largest absolute Gasteiger partial charge is 0.478 e. The van der Waals surface area contributed by atoms with Gasteiger partial charge in [-0.15, -0.1) is 0 Å². The van der Waals surface area contributed by atoms with Crippen molar-refractivity contribution >= 4 is 17.6 Å². The number of nitrogens with zero attached hydrogens (tertiary/aromatic N) is 2. The van der Waals surface area contributed by atoms with Gasteiger partial charge in [0.05, 0.1) is 11.3 Å². The summed E-state index contributed by atoms with van der Waals surface area (Å²) in [5, 5.41) is 9.11. The molecule has 1 aromatic carbocycles. The third-order valence-electron chi connectivity index (χ3n) is 4.39. The van der Waals surface area contributed by atoms with Gasteiger partial charge < -0.3 is 10.0 Å². The number of hydrogen-bond donors (Lipinski definition) is 1. The van der Waals surface area contributed by atoms with Gasteiger partial charge in [-0.25, -0.2) is 9.78 Å². The predicted octanol–water partition coefficient (Wildman–Crippen LogP) is 3.46. The molecule has 1 aliphatic rings. The number of aryl methyl sites for hydroxylation is 2. The maximum Gasteiger partial charge on any atom is 0.337 e. The summed E-state index contributed by atoms with van der Waals surface area (Å²) in [7, 11) is 0. The number of rotatable bonds is 2. The van der Waals surface area contributed by atoms with E-state index >= 15 is 0 Å². The van der Waals surface area contributed by atoms with Crippen molar-refractivity contribution in [2.75, 3.05) is 11.4 Å². The lowest BCUT2D eigenvalue weighted by Crippen LogP contribution is -2.34. The highest BCUT2D eigenvalue weighted by molar-refractivity contribution is 6.05. The van der Waals surface area contributed by atoms with Crippen molar-refractivity contribution in [1.29, 1.82) is 0 Å². The van der Waals surface area contributed by atoms with Crippen LogP contribution in [0.15, 0.2) is 36.4 Å². The number of pyridine rings is 1. The zero-order valence-corrected chi connectivity index (χ0v) is 13.7. The second-order valence-electron chi connectivity index (χ2n) is 6.03. The Bertz CT molecular complexity index is 786. The number of carboxylic acid groups (broad SMARTS) is 1. The fraction of sp³-hybridized carbons (Fsp3) is 0.316. The van der Waals surface area contributed by atoms with E-state index in [0.29, 0.717) is 12.2 Å². The van der Waals surface area contributed by atoms with Crippen molar-refractivity contribution in [1.82, 2.24) is 4.98 Å². The van der Waals surface area contributed by atoms with E-state index in [1.54, 1.807) is 11.8 Å². The van der Waals surface area contributed by atoms with Crippen molar-refractivity contribution in [3.63, 3.8) is 0 Å². The van der Waals surface area contributed by atoms with Crippen LogP contribution >= 0.6 is 0 Å². The van der Waals surface area contributed by atoms with Crippen LogP contribution in [0.25, 0.3) is 0 Å². The molecule has 5 heteroatoms. The number of anilines is 1. The minimum absolute atomic E-state index is 0.125. The molecular weight excluding hydrogens is 304 g/mol. The summed E-state index contributed by atoms with van der Waals surface area (Å²) in [6.07, 6.45) is 4.13. The molecule has 2 heterocycles. The van der Waals surface area contributed by atoms with Gasteiger partial charge in [0.1, 0.15) is 5.69 Å². The fourth-order valence-corrected chi connectivity index (χ4v) is 3.12. The number of aromatic nitrogens is 1. The standard InChI is InChI=1S/C19H20N2O3/c1-13-15(19(23)24)10-11-16(20-13)18(22)21-12-6-2-3-7-14-8-4-5-9-17(14)21/h4-5,8-11H,2-3,6-7,12H2,1H3,(H,23,24). The molecule has 5 nitrogen and oxygen atoms in total. The van der Waals surface area contributed by atoms with Gasteiger partial charge in [0.2, 0.25) is 0 Å². The lowest BCUT2D eigenvalue weighted by Gasteiger charge is -2.27. The van der Waals surface area contributed by atoms with Gasteiger partial charge in [-0.05, 0) is 49.9 Å². The Morgan fingerprint density at radius 1 is 1.08 bits per heavy atom. The van der Waals surface area contributed by atoms with E-state index in [-0.39, 0.29) is 17.2 Å². The molecule has 1 aromatic heterocycles. The van der Waals surface area contributed by atoms with E-state index in [1.165, 1.54) is 17.7 Å². The van der Waals surface area contributed by atoms with Gasteiger partial charge in [-0.3, -0.25) is 4.79 Å². The summed E-state index contributed by atoms with van der Waals surface area (Å²) >= 11 is 0. The number of benzene rings is 1. The van der Waals surface area contributed by atoms with Crippen LogP contribution in [-0.2, 0) is 6.42 Å². The SMILES string of the molecule is Cc1nc(C(=O)N2CCCCCc3ccccc32)ccc1C(=O)O. The third-order valence-corrected chi connectivity index (χ3v) is 4.39. The second kappa shape index (κ2) is 6.83. The zero-order valence-electron chi connectivity index (χ0n) is 13.7. The molecule has 1 amide bonds. The first-order chi connectivity index (χ1) is 11.6. The quantitative estimate of drug-likeness (QED) is 0.918. The highest BCUT2D eigenvalue weighted by atomic mass is 16.4. The molecule has 0 aliphatic carbocycles. The molecular formula is C19H20N2O3. The minimum Gasteiger partial charge on any atom is -0.478 e. The Kier molecular flexibility index (Phi) is 4.60. The Labute approximate surface area is 140 Å². The minimum atomic E-state index is -1.03. The van der Waals surface area contributed by atoms with Crippen LogP contribution in [0, 0.1) is 6.92 Å². The topological polar surface area (TPSA) is 70.5 Å².